The Bertz CT molecular complexity index is 1030. The number of nitrogens with zero attached hydrogens (tertiary/aromatic N) is 4. The zero-order chi connectivity index (χ0) is 19.7. The van der Waals surface area contributed by atoms with Crippen LogP contribution in [0.1, 0.15) is 53.4 Å². The van der Waals surface area contributed by atoms with Gasteiger partial charge >= 0.3 is 0 Å². The fourth-order valence-electron chi connectivity index (χ4n) is 4.05. The monoisotopic (exact) mass is 395 g/mol. The van der Waals surface area contributed by atoms with Crippen LogP contribution in [-0.2, 0) is 17.6 Å². The highest BCUT2D eigenvalue weighted by atomic mass is 32.2. The summed E-state index contributed by atoms with van der Waals surface area (Å²) in [5.74, 6) is 0.704. The normalized spacial score (nSPS) is 16.2. The fourth-order valence-corrected chi connectivity index (χ4v) is 4.38. The van der Waals surface area contributed by atoms with Crippen molar-refractivity contribution in [2.75, 3.05) is 6.26 Å². The third-order valence-corrected chi connectivity index (χ3v) is 6.06. The Balaban J connectivity index is 1.47. The molecule has 28 heavy (non-hydrogen) atoms. The van der Waals surface area contributed by atoms with E-state index in [-0.39, 0.29) is 11.9 Å². The van der Waals surface area contributed by atoms with Crippen molar-refractivity contribution in [1.82, 2.24) is 24.9 Å². The van der Waals surface area contributed by atoms with E-state index in [2.05, 4.69) is 44.6 Å². The van der Waals surface area contributed by atoms with Crippen LogP contribution in [0.3, 0.4) is 0 Å². The molecule has 2 aromatic heterocycles. The molecule has 0 fully saturated rings. The lowest BCUT2D eigenvalue weighted by molar-refractivity contribution is -0.121. The molecule has 1 amide bonds. The van der Waals surface area contributed by atoms with Gasteiger partial charge in [-0.2, -0.15) is 4.98 Å². The average molecular weight is 396 g/mol. The summed E-state index contributed by atoms with van der Waals surface area (Å²) < 4.78 is 1.78. The zero-order valence-corrected chi connectivity index (χ0v) is 17.3. The van der Waals surface area contributed by atoms with Gasteiger partial charge in [-0.05, 0) is 62.5 Å². The Morgan fingerprint density at radius 2 is 2.11 bits per heavy atom. The van der Waals surface area contributed by atoms with Crippen molar-refractivity contribution in [2.24, 2.45) is 0 Å². The summed E-state index contributed by atoms with van der Waals surface area (Å²) in [7, 11) is 0. The van der Waals surface area contributed by atoms with Crippen molar-refractivity contribution in [3.63, 3.8) is 0 Å². The first-order chi connectivity index (χ1) is 13.6. The molecule has 4 rings (SSSR count). The Morgan fingerprint density at radius 1 is 1.29 bits per heavy atom. The van der Waals surface area contributed by atoms with Gasteiger partial charge in [0.05, 0.1) is 6.04 Å². The van der Waals surface area contributed by atoms with Crippen LogP contribution in [0.5, 0.6) is 0 Å². The molecule has 7 heteroatoms. The first kappa shape index (κ1) is 18.9. The van der Waals surface area contributed by atoms with Crippen LogP contribution in [0.2, 0.25) is 0 Å². The molecule has 0 spiro atoms. The Labute approximate surface area is 169 Å². The summed E-state index contributed by atoms with van der Waals surface area (Å²) in [6.07, 6.45) is 6.26. The molecule has 0 unspecified atom stereocenters. The smallest absolute Gasteiger partial charge is 0.253 e. The highest BCUT2D eigenvalue weighted by Gasteiger charge is 2.21. The maximum absolute atomic E-state index is 12.7. The van der Waals surface area contributed by atoms with Gasteiger partial charge in [0.2, 0.25) is 11.1 Å². The molecule has 1 aromatic carbocycles. The first-order valence-electron chi connectivity index (χ1n) is 9.71. The van der Waals surface area contributed by atoms with Gasteiger partial charge in [-0.25, -0.2) is 9.50 Å². The summed E-state index contributed by atoms with van der Waals surface area (Å²) in [5.41, 5.74) is 5.62. The molecule has 0 bridgehead atoms. The number of hydrogen-bond acceptors (Lipinski definition) is 5. The molecule has 0 aliphatic heterocycles. The number of aromatic nitrogens is 4. The number of carbonyl (C=O) groups is 1. The predicted octanol–water partition coefficient (Wildman–Crippen LogP) is 3.59. The number of aryl methyl sites for hydroxylation is 3. The van der Waals surface area contributed by atoms with E-state index in [0.29, 0.717) is 23.8 Å². The molecule has 1 aliphatic rings. The molecule has 146 valence electrons. The van der Waals surface area contributed by atoms with Crippen LogP contribution < -0.4 is 5.32 Å². The molecule has 3 aromatic rings. The molecule has 0 radical (unpaired) electrons. The molecule has 0 saturated heterocycles. The maximum atomic E-state index is 12.7. The van der Waals surface area contributed by atoms with Crippen molar-refractivity contribution < 1.29 is 4.79 Å². The van der Waals surface area contributed by atoms with E-state index < -0.39 is 0 Å². The minimum absolute atomic E-state index is 0.0870. The largest absolute Gasteiger partial charge is 0.349 e. The third-order valence-electron chi connectivity index (χ3n) is 5.52. The molecule has 1 N–H and O–H groups in total. The molecule has 6 nitrogen and oxygen atoms in total. The SMILES string of the molecule is CSc1nc2nc(C)c(CCC(=O)N[C@H]3CCCc4ccccc43)c(C)n2n1. The molecule has 0 saturated carbocycles. The molecule has 1 atom stereocenters. The highest BCUT2D eigenvalue weighted by Crippen LogP contribution is 2.29. The lowest BCUT2D eigenvalue weighted by Crippen LogP contribution is -2.31. The fraction of sp³-hybridized carbons (Fsp3) is 0.429. The second-order valence-electron chi connectivity index (χ2n) is 7.28. The summed E-state index contributed by atoms with van der Waals surface area (Å²) in [4.78, 5) is 21.6. The van der Waals surface area contributed by atoms with Gasteiger partial charge in [0.15, 0.2) is 0 Å². The maximum Gasteiger partial charge on any atom is 0.253 e. The van der Waals surface area contributed by atoms with Gasteiger partial charge in [0.25, 0.3) is 5.78 Å². The van der Waals surface area contributed by atoms with Gasteiger partial charge in [0, 0.05) is 17.8 Å². The van der Waals surface area contributed by atoms with E-state index in [9.17, 15) is 4.79 Å². The second kappa shape index (κ2) is 7.91. The van der Waals surface area contributed by atoms with E-state index in [1.54, 1.807) is 4.52 Å². The van der Waals surface area contributed by atoms with Gasteiger partial charge in [-0.3, -0.25) is 4.79 Å². The molecule has 2 heterocycles. The van der Waals surface area contributed by atoms with Crippen molar-refractivity contribution in [3.05, 3.63) is 52.3 Å². The predicted molar refractivity (Wildman–Crippen MR) is 111 cm³/mol. The lowest BCUT2D eigenvalue weighted by Gasteiger charge is -2.26. The summed E-state index contributed by atoms with van der Waals surface area (Å²) in [5, 5.41) is 8.43. The summed E-state index contributed by atoms with van der Waals surface area (Å²) in [6.45, 7) is 4.00. The molecular weight excluding hydrogens is 370 g/mol. The highest BCUT2D eigenvalue weighted by molar-refractivity contribution is 7.98. The second-order valence-corrected chi connectivity index (χ2v) is 8.06. The number of rotatable bonds is 5. The Kier molecular flexibility index (Phi) is 5.35. The van der Waals surface area contributed by atoms with E-state index in [1.807, 2.05) is 20.1 Å². The van der Waals surface area contributed by atoms with Gasteiger partial charge in [0.1, 0.15) is 0 Å². The first-order valence-corrected chi connectivity index (χ1v) is 10.9. The standard InChI is InChI=1S/C21H25N5OS/c1-13-16(14(2)26-20(22-13)24-21(25-26)28-3)11-12-19(27)23-18-10-6-8-15-7-4-5-9-17(15)18/h4-5,7,9,18H,6,8,10-12H2,1-3H3,(H,23,27)/t18-/m0/s1. The number of carbonyl (C=O) groups excluding carboxylic acids is 1. The number of amides is 1. The minimum Gasteiger partial charge on any atom is -0.349 e. The number of thioether (sulfide) groups is 1. The third kappa shape index (κ3) is 3.63. The minimum atomic E-state index is 0.0870. The van der Waals surface area contributed by atoms with Gasteiger partial charge in [-0.15, -0.1) is 5.10 Å². The van der Waals surface area contributed by atoms with E-state index in [0.717, 1.165) is 36.2 Å². The van der Waals surface area contributed by atoms with Gasteiger partial charge in [-0.1, -0.05) is 36.0 Å². The van der Waals surface area contributed by atoms with E-state index in [4.69, 9.17) is 0 Å². The topological polar surface area (TPSA) is 72.2 Å². The van der Waals surface area contributed by atoms with Crippen LogP contribution in [0.4, 0.5) is 0 Å². The van der Waals surface area contributed by atoms with Crippen molar-refractivity contribution >= 4 is 23.4 Å². The van der Waals surface area contributed by atoms with Crippen LogP contribution >= 0.6 is 11.8 Å². The summed E-state index contributed by atoms with van der Waals surface area (Å²) >= 11 is 1.50. The van der Waals surface area contributed by atoms with Crippen molar-refractivity contribution in [1.29, 1.82) is 0 Å². The number of nitrogens with one attached hydrogen (secondary N) is 1. The quantitative estimate of drug-likeness (QED) is 0.669. The number of benzene rings is 1. The van der Waals surface area contributed by atoms with Crippen LogP contribution in [0, 0.1) is 13.8 Å². The van der Waals surface area contributed by atoms with Gasteiger partial charge < -0.3 is 5.32 Å². The molecule has 1 aliphatic carbocycles. The van der Waals surface area contributed by atoms with Crippen molar-refractivity contribution in [2.45, 2.75) is 57.1 Å². The zero-order valence-electron chi connectivity index (χ0n) is 16.5. The number of fused-ring (bicyclic) bond motifs is 2. The van der Waals surface area contributed by atoms with E-state index in [1.165, 1.54) is 22.9 Å². The van der Waals surface area contributed by atoms with Crippen molar-refractivity contribution in [3.8, 4) is 0 Å². The van der Waals surface area contributed by atoms with Crippen LogP contribution in [0.25, 0.3) is 5.78 Å². The average Bonchev–Trinajstić information content (AvgIpc) is 3.11. The lowest BCUT2D eigenvalue weighted by atomic mass is 9.87. The van der Waals surface area contributed by atoms with Crippen LogP contribution in [-0.4, -0.2) is 31.7 Å². The summed E-state index contributed by atoms with van der Waals surface area (Å²) in [6, 6.07) is 8.56. The molecular formula is C21H25N5OS. The Hall–Kier alpha value is -2.41. The van der Waals surface area contributed by atoms with E-state index >= 15 is 0 Å². The Morgan fingerprint density at radius 3 is 2.93 bits per heavy atom. The van der Waals surface area contributed by atoms with Crippen LogP contribution in [0.15, 0.2) is 29.4 Å². The number of hydrogen-bond donors (Lipinski definition) is 1.